The molecule has 0 aromatic carbocycles. The van der Waals surface area contributed by atoms with Crippen LogP contribution in [-0.2, 0) is 16.1 Å². The molecule has 2 N–H and O–H groups in total. The molecule has 0 radical (unpaired) electrons. The van der Waals surface area contributed by atoms with Crippen LogP contribution in [-0.4, -0.2) is 40.9 Å². The standard InChI is InChI=1S/C14H21N5O2/c1-9(2)4-15-5-11-6-16-14(17-7-11)19-8-12(20)18-13(21)10(19)3/h6-7,9-10,15H,4-5,8H2,1-3H3,(H,18,20,21). The molecule has 0 spiro atoms. The van der Waals surface area contributed by atoms with Crippen LogP contribution >= 0.6 is 0 Å². The normalized spacial score (nSPS) is 19.0. The average Bonchev–Trinajstić information content (AvgIpc) is 2.43. The zero-order valence-electron chi connectivity index (χ0n) is 12.6. The Morgan fingerprint density at radius 2 is 2.05 bits per heavy atom. The van der Waals surface area contributed by atoms with E-state index >= 15 is 0 Å². The van der Waals surface area contributed by atoms with Crippen LogP contribution in [0.3, 0.4) is 0 Å². The molecule has 2 amide bonds. The van der Waals surface area contributed by atoms with Gasteiger partial charge in [0.15, 0.2) is 0 Å². The number of rotatable bonds is 5. The summed E-state index contributed by atoms with van der Waals surface area (Å²) in [5.41, 5.74) is 0.972. The molecule has 1 aromatic heterocycles. The third-order valence-corrected chi connectivity index (χ3v) is 3.25. The van der Waals surface area contributed by atoms with E-state index in [9.17, 15) is 9.59 Å². The van der Waals surface area contributed by atoms with E-state index < -0.39 is 6.04 Å². The first kappa shape index (κ1) is 15.4. The number of carbonyl (C=O) groups excluding carboxylic acids is 2. The highest BCUT2D eigenvalue weighted by molar-refractivity contribution is 6.04. The molecular formula is C14H21N5O2. The van der Waals surface area contributed by atoms with Gasteiger partial charge in [-0.05, 0) is 19.4 Å². The second-order valence-electron chi connectivity index (χ2n) is 5.63. The molecule has 1 atom stereocenters. The number of anilines is 1. The number of imide groups is 1. The molecule has 2 heterocycles. The quantitative estimate of drug-likeness (QED) is 0.747. The Morgan fingerprint density at radius 1 is 1.38 bits per heavy atom. The van der Waals surface area contributed by atoms with Crippen LogP contribution in [0.1, 0.15) is 26.3 Å². The van der Waals surface area contributed by atoms with Crippen molar-refractivity contribution in [3.05, 3.63) is 18.0 Å². The maximum atomic E-state index is 11.6. The van der Waals surface area contributed by atoms with Crippen LogP contribution in [0.25, 0.3) is 0 Å². The van der Waals surface area contributed by atoms with Gasteiger partial charge >= 0.3 is 0 Å². The summed E-state index contributed by atoms with van der Waals surface area (Å²) in [6, 6.07) is -0.451. The lowest BCUT2D eigenvalue weighted by atomic mass is 10.2. The molecule has 1 aliphatic rings. The van der Waals surface area contributed by atoms with Gasteiger partial charge in [0.05, 0.1) is 0 Å². The number of nitrogens with zero attached hydrogens (tertiary/aromatic N) is 3. The molecule has 21 heavy (non-hydrogen) atoms. The van der Waals surface area contributed by atoms with Crippen molar-refractivity contribution in [1.82, 2.24) is 20.6 Å². The van der Waals surface area contributed by atoms with Gasteiger partial charge in [0.1, 0.15) is 12.6 Å². The predicted molar refractivity (Wildman–Crippen MR) is 78.5 cm³/mol. The number of piperazine rings is 1. The van der Waals surface area contributed by atoms with Gasteiger partial charge in [-0.2, -0.15) is 0 Å². The van der Waals surface area contributed by atoms with Crippen LogP contribution in [0.4, 0.5) is 5.95 Å². The van der Waals surface area contributed by atoms with Crippen LogP contribution in [0.15, 0.2) is 12.4 Å². The first-order valence-electron chi connectivity index (χ1n) is 7.09. The lowest BCUT2D eigenvalue weighted by Crippen LogP contribution is -2.57. The van der Waals surface area contributed by atoms with Crippen molar-refractivity contribution in [3.8, 4) is 0 Å². The molecule has 114 valence electrons. The summed E-state index contributed by atoms with van der Waals surface area (Å²) in [6.45, 7) is 7.74. The van der Waals surface area contributed by atoms with Crippen LogP contribution in [0, 0.1) is 5.92 Å². The highest BCUT2D eigenvalue weighted by Crippen LogP contribution is 2.13. The van der Waals surface area contributed by atoms with Crippen molar-refractivity contribution < 1.29 is 9.59 Å². The Hall–Kier alpha value is -2.02. The van der Waals surface area contributed by atoms with Gasteiger partial charge in [0, 0.05) is 24.5 Å². The van der Waals surface area contributed by atoms with Gasteiger partial charge in [0.2, 0.25) is 17.8 Å². The van der Waals surface area contributed by atoms with Gasteiger partial charge in [0.25, 0.3) is 0 Å². The van der Waals surface area contributed by atoms with Crippen molar-refractivity contribution in [1.29, 1.82) is 0 Å². The molecule has 1 aliphatic heterocycles. The predicted octanol–water partition coefficient (Wildman–Crippen LogP) is 0.0735. The molecule has 7 nitrogen and oxygen atoms in total. The second-order valence-corrected chi connectivity index (χ2v) is 5.63. The minimum Gasteiger partial charge on any atom is -0.320 e. The molecule has 1 saturated heterocycles. The SMILES string of the molecule is CC(C)CNCc1cnc(N2CC(=O)NC(=O)C2C)nc1. The summed E-state index contributed by atoms with van der Waals surface area (Å²) in [6.07, 6.45) is 3.44. The molecule has 2 rings (SSSR count). The molecule has 1 aromatic rings. The maximum Gasteiger partial charge on any atom is 0.249 e. The first-order chi connectivity index (χ1) is 9.97. The summed E-state index contributed by atoms with van der Waals surface area (Å²) in [7, 11) is 0. The summed E-state index contributed by atoms with van der Waals surface area (Å²) in [4.78, 5) is 33.2. The van der Waals surface area contributed by atoms with Gasteiger partial charge in [-0.15, -0.1) is 0 Å². The summed E-state index contributed by atoms with van der Waals surface area (Å²) >= 11 is 0. The van der Waals surface area contributed by atoms with E-state index in [1.807, 2.05) is 0 Å². The van der Waals surface area contributed by atoms with E-state index in [0.29, 0.717) is 18.4 Å². The Bertz CT molecular complexity index is 515. The fourth-order valence-electron chi connectivity index (χ4n) is 2.05. The van der Waals surface area contributed by atoms with E-state index in [-0.39, 0.29) is 18.4 Å². The highest BCUT2D eigenvalue weighted by Gasteiger charge is 2.31. The van der Waals surface area contributed by atoms with Crippen molar-refractivity contribution in [2.45, 2.75) is 33.4 Å². The summed E-state index contributed by atoms with van der Waals surface area (Å²) < 4.78 is 0. The first-order valence-corrected chi connectivity index (χ1v) is 7.09. The van der Waals surface area contributed by atoms with E-state index in [1.54, 1.807) is 24.2 Å². The Kier molecular flexibility index (Phi) is 4.85. The molecule has 0 bridgehead atoms. The van der Waals surface area contributed by atoms with Crippen LogP contribution < -0.4 is 15.5 Å². The second kappa shape index (κ2) is 6.62. The molecular weight excluding hydrogens is 270 g/mol. The average molecular weight is 291 g/mol. The molecule has 7 heteroatoms. The number of hydrogen-bond acceptors (Lipinski definition) is 6. The Morgan fingerprint density at radius 3 is 2.67 bits per heavy atom. The topological polar surface area (TPSA) is 87.2 Å². The van der Waals surface area contributed by atoms with Crippen molar-refractivity contribution >= 4 is 17.8 Å². The maximum absolute atomic E-state index is 11.6. The van der Waals surface area contributed by atoms with E-state index in [2.05, 4.69) is 34.4 Å². The number of carbonyl (C=O) groups is 2. The van der Waals surface area contributed by atoms with Gasteiger partial charge in [-0.3, -0.25) is 14.9 Å². The van der Waals surface area contributed by atoms with Crippen molar-refractivity contribution in [3.63, 3.8) is 0 Å². The van der Waals surface area contributed by atoms with E-state index in [1.165, 1.54) is 0 Å². The Labute approximate surface area is 124 Å². The smallest absolute Gasteiger partial charge is 0.249 e. The van der Waals surface area contributed by atoms with Gasteiger partial charge in [-0.25, -0.2) is 9.97 Å². The van der Waals surface area contributed by atoms with Gasteiger partial charge in [-0.1, -0.05) is 13.8 Å². The molecule has 0 aliphatic carbocycles. The van der Waals surface area contributed by atoms with E-state index in [0.717, 1.165) is 12.1 Å². The fourth-order valence-corrected chi connectivity index (χ4v) is 2.05. The minimum atomic E-state index is -0.451. The number of amides is 2. The van der Waals surface area contributed by atoms with Crippen LogP contribution in [0.2, 0.25) is 0 Å². The number of nitrogens with one attached hydrogen (secondary N) is 2. The van der Waals surface area contributed by atoms with E-state index in [4.69, 9.17) is 0 Å². The monoisotopic (exact) mass is 291 g/mol. The van der Waals surface area contributed by atoms with Crippen LogP contribution in [0.5, 0.6) is 0 Å². The lowest BCUT2D eigenvalue weighted by molar-refractivity contribution is -0.132. The number of aromatic nitrogens is 2. The minimum absolute atomic E-state index is 0.0951. The lowest BCUT2D eigenvalue weighted by Gasteiger charge is -2.31. The van der Waals surface area contributed by atoms with Crippen molar-refractivity contribution in [2.75, 3.05) is 18.0 Å². The Balaban J connectivity index is 2.01. The van der Waals surface area contributed by atoms with Gasteiger partial charge < -0.3 is 10.2 Å². The molecule has 1 unspecified atom stereocenters. The molecule has 0 saturated carbocycles. The summed E-state index contributed by atoms with van der Waals surface area (Å²) in [5, 5.41) is 5.60. The van der Waals surface area contributed by atoms with Crippen molar-refractivity contribution in [2.24, 2.45) is 5.92 Å². The number of hydrogen-bond donors (Lipinski definition) is 2. The largest absolute Gasteiger partial charge is 0.320 e. The fraction of sp³-hybridized carbons (Fsp3) is 0.571. The third-order valence-electron chi connectivity index (χ3n) is 3.25. The zero-order valence-corrected chi connectivity index (χ0v) is 12.6. The zero-order chi connectivity index (χ0) is 15.4. The third kappa shape index (κ3) is 3.98. The summed E-state index contributed by atoms with van der Waals surface area (Å²) in [5.74, 6) is 0.337. The molecule has 1 fully saturated rings. The highest BCUT2D eigenvalue weighted by atomic mass is 16.2.